The summed E-state index contributed by atoms with van der Waals surface area (Å²) in [5.41, 5.74) is 1.35. The molecular formula is C19H30O. The van der Waals surface area contributed by atoms with E-state index in [2.05, 4.69) is 13.8 Å². The summed E-state index contributed by atoms with van der Waals surface area (Å²) >= 11 is 0. The van der Waals surface area contributed by atoms with Crippen molar-refractivity contribution in [2.75, 3.05) is 0 Å². The molecule has 4 saturated carbocycles. The van der Waals surface area contributed by atoms with E-state index in [4.69, 9.17) is 4.74 Å². The quantitative estimate of drug-likeness (QED) is 0.578. The molecule has 0 aromatic carbocycles. The summed E-state index contributed by atoms with van der Waals surface area (Å²) in [5.74, 6) is 4.14. The highest BCUT2D eigenvalue weighted by Gasteiger charge is 2.62. The van der Waals surface area contributed by atoms with E-state index in [1.807, 2.05) is 0 Å². The molecule has 0 amide bonds. The molecule has 1 saturated heterocycles. The average molecular weight is 274 g/mol. The predicted octanol–water partition coefficient (Wildman–Crippen LogP) is 4.80. The SMILES string of the molecule is C[C@@]12CCC[C@H]1[C@@H]1CC[C@H]3C[C@@H]4O[C@@H]4C[C@]3(C)[C@H]1CC2. The van der Waals surface area contributed by atoms with Gasteiger partial charge in [-0.2, -0.15) is 0 Å². The van der Waals surface area contributed by atoms with Gasteiger partial charge in [-0.25, -0.2) is 0 Å². The van der Waals surface area contributed by atoms with E-state index in [-0.39, 0.29) is 0 Å². The molecule has 1 nitrogen and oxygen atoms in total. The third kappa shape index (κ3) is 1.49. The standard InChI is InChI=1S/C19H30O/c1-18-8-3-4-14(18)13-6-5-12-10-16-17(20-16)11-19(12,2)15(13)7-9-18/h12-17H,3-11H2,1-2H3/t12-,13-,14-,15-,16-,17+,18-,19-/m0/s1. The number of hydrogen-bond donors (Lipinski definition) is 0. The summed E-state index contributed by atoms with van der Waals surface area (Å²) in [6, 6.07) is 0. The largest absolute Gasteiger partial charge is 0.370 e. The van der Waals surface area contributed by atoms with Crippen LogP contribution in [0.4, 0.5) is 0 Å². The van der Waals surface area contributed by atoms with E-state index in [1.54, 1.807) is 12.8 Å². The van der Waals surface area contributed by atoms with Gasteiger partial charge in [0.25, 0.3) is 0 Å². The van der Waals surface area contributed by atoms with Gasteiger partial charge in [-0.15, -0.1) is 0 Å². The maximum Gasteiger partial charge on any atom is 0.0847 e. The zero-order valence-electron chi connectivity index (χ0n) is 13.2. The molecule has 5 fully saturated rings. The Morgan fingerprint density at radius 2 is 1.80 bits per heavy atom. The summed E-state index contributed by atoms with van der Waals surface area (Å²) in [6.45, 7) is 5.28. The van der Waals surface area contributed by atoms with Gasteiger partial charge in [-0.3, -0.25) is 0 Å². The number of epoxide rings is 1. The van der Waals surface area contributed by atoms with Crippen LogP contribution < -0.4 is 0 Å². The van der Waals surface area contributed by atoms with Gasteiger partial charge in [-0.1, -0.05) is 20.3 Å². The summed E-state index contributed by atoms with van der Waals surface area (Å²) in [6.07, 6.45) is 14.8. The van der Waals surface area contributed by atoms with Gasteiger partial charge in [0.2, 0.25) is 0 Å². The Kier molecular flexibility index (Phi) is 2.39. The van der Waals surface area contributed by atoms with Gasteiger partial charge in [0.15, 0.2) is 0 Å². The normalized spacial score (nSPS) is 63.9. The second-order valence-corrected chi connectivity index (χ2v) is 9.39. The van der Waals surface area contributed by atoms with E-state index in [9.17, 15) is 0 Å². The Morgan fingerprint density at radius 1 is 0.900 bits per heavy atom. The third-order valence-electron chi connectivity index (χ3n) is 8.69. The van der Waals surface area contributed by atoms with E-state index in [1.165, 1.54) is 44.9 Å². The molecule has 4 aliphatic carbocycles. The van der Waals surface area contributed by atoms with Crippen LogP contribution in [0.5, 0.6) is 0 Å². The van der Waals surface area contributed by atoms with E-state index >= 15 is 0 Å². The van der Waals surface area contributed by atoms with Crippen molar-refractivity contribution in [3.05, 3.63) is 0 Å². The maximum atomic E-state index is 5.92. The number of rotatable bonds is 0. The van der Waals surface area contributed by atoms with Crippen molar-refractivity contribution in [3.8, 4) is 0 Å². The fourth-order valence-electron chi connectivity index (χ4n) is 7.51. The van der Waals surface area contributed by atoms with Crippen molar-refractivity contribution in [2.24, 2.45) is 34.5 Å². The van der Waals surface area contributed by atoms with E-state index in [0.717, 1.165) is 29.1 Å². The first-order chi connectivity index (χ1) is 9.60. The molecule has 0 radical (unpaired) electrons. The first-order valence-corrected chi connectivity index (χ1v) is 9.26. The molecule has 1 aliphatic heterocycles. The lowest BCUT2D eigenvalue weighted by molar-refractivity contribution is -0.0981. The lowest BCUT2D eigenvalue weighted by atomic mass is 9.45. The van der Waals surface area contributed by atoms with Gasteiger partial charge in [0.1, 0.15) is 0 Å². The lowest BCUT2D eigenvalue weighted by Crippen LogP contribution is -2.52. The average Bonchev–Trinajstić information content (AvgIpc) is 3.03. The van der Waals surface area contributed by atoms with E-state index < -0.39 is 0 Å². The van der Waals surface area contributed by atoms with Crippen LogP contribution in [0.1, 0.15) is 71.6 Å². The minimum absolute atomic E-state index is 0.629. The predicted molar refractivity (Wildman–Crippen MR) is 80.4 cm³/mol. The van der Waals surface area contributed by atoms with Crippen LogP contribution in [0.25, 0.3) is 0 Å². The Bertz CT molecular complexity index is 431. The minimum atomic E-state index is 0.629. The van der Waals surface area contributed by atoms with Crippen LogP contribution in [-0.4, -0.2) is 12.2 Å². The highest BCUT2D eigenvalue weighted by molar-refractivity contribution is 5.11. The van der Waals surface area contributed by atoms with Crippen molar-refractivity contribution in [1.29, 1.82) is 0 Å². The number of ether oxygens (including phenoxy) is 1. The lowest BCUT2D eigenvalue weighted by Gasteiger charge is -2.59. The molecule has 1 heteroatoms. The third-order valence-corrected chi connectivity index (χ3v) is 8.69. The van der Waals surface area contributed by atoms with Gasteiger partial charge < -0.3 is 4.74 Å². The van der Waals surface area contributed by atoms with Crippen molar-refractivity contribution in [3.63, 3.8) is 0 Å². The van der Waals surface area contributed by atoms with Gasteiger partial charge in [0.05, 0.1) is 12.2 Å². The summed E-state index contributed by atoms with van der Waals surface area (Å²) < 4.78 is 5.92. The minimum Gasteiger partial charge on any atom is -0.370 e. The zero-order chi connectivity index (χ0) is 13.5. The van der Waals surface area contributed by atoms with Crippen LogP contribution in [0.15, 0.2) is 0 Å². The Labute approximate surface area is 123 Å². The fraction of sp³-hybridized carbons (Fsp3) is 1.00. The van der Waals surface area contributed by atoms with Crippen molar-refractivity contribution in [1.82, 2.24) is 0 Å². The number of fused-ring (bicyclic) bond motifs is 6. The molecule has 20 heavy (non-hydrogen) atoms. The smallest absolute Gasteiger partial charge is 0.0847 e. The molecule has 1 heterocycles. The summed E-state index contributed by atoms with van der Waals surface area (Å²) in [4.78, 5) is 0. The van der Waals surface area contributed by atoms with E-state index in [0.29, 0.717) is 17.6 Å². The molecule has 5 aliphatic rings. The molecular weight excluding hydrogens is 244 g/mol. The maximum absolute atomic E-state index is 5.92. The first-order valence-electron chi connectivity index (χ1n) is 9.26. The topological polar surface area (TPSA) is 12.5 Å². The van der Waals surface area contributed by atoms with Crippen LogP contribution in [0.2, 0.25) is 0 Å². The zero-order valence-corrected chi connectivity index (χ0v) is 13.2. The fourth-order valence-corrected chi connectivity index (χ4v) is 7.51. The first kappa shape index (κ1) is 12.5. The molecule has 0 aromatic heterocycles. The monoisotopic (exact) mass is 274 g/mol. The summed E-state index contributed by atoms with van der Waals surface area (Å²) in [5, 5.41) is 0. The molecule has 0 bridgehead atoms. The molecule has 8 atom stereocenters. The molecule has 5 rings (SSSR count). The molecule has 0 spiro atoms. The van der Waals surface area contributed by atoms with Crippen LogP contribution in [0, 0.1) is 34.5 Å². The molecule has 0 aromatic rings. The Hall–Kier alpha value is -0.0400. The van der Waals surface area contributed by atoms with Crippen LogP contribution in [-0.2, 0) is 4.74 Å². The molecule has 0 N–H and O–H groups in total. The van der Waals surface area contributed by atoms with Crippen molar-refractivity contribution < 1.29 is 4.74 Å². The highest BCUT2D eigenvalue weighted by Crippen LogP contribution is 2.67. The molecule has 0 unspecified atom stereocenters. The Balaban J connectivity index is 1.48. The molecule has 112 valence electrons. The Morgan fingerprint density at radius 3 is 2.70 bits per heavy atom. The van der Waals surface area contributed by atoms with Gasteiger partial charge in [-0.05, 0) is 85.9 Å². The van der Waals surface area contributed by atoms with Gasteiger partial charge in [0, 0.05) is 0 Å². The van der Waals surface area contributed by atoms with Crippen LogP contribution in [0.3, 0.4) is 0 Å². The summed E-state index contributed by atoms with van der Waals surface area (Å²) in [7, 11) is 0. The van der Waals surface area contributed by atoms with Crippen LogP contribution >= 0.6 is 0 Å². The number of hydrogen-bond acceptors (Lipinski definition) is 1. The second kappa shape index (κ2) is 3.83. The second-order valence-electron chi connectivity index (χ2n) is 9.39. The van der Waals surface area contributed by atoms with Crippen molar-refractivity contribution in [2.45, 2.75) is 83.8 Å². The highest BCUT2D eigenvalue weighted by atomic mass is 16.6. The van der Waals surface area contributed by atoms with Gasteiger partial charge >= 0.3 is 0 Å². The van der Waals surface area contributed by atoms with Crippen molar-refractivity contribution >= 4 is 0 Å².